The van der Waals surface area contributed by atoms with Crippen molar-refractivity contribution in [1.29, 1.82) is 0 Å². The Morgan fingerprint density at radius 2 is 2.04 bits per heavy atom. The van der Waals surface area contributed by atoms with Crippen LogP contribution in [-0.2, 0) is 4.74 Å². The number of hydrogen-bond acceptors (Lipinski definition) is 6. The van der Waals surface area contributed by atoms with E-state index in [1.165, 1.54) is 11.8 Å². The fourth-order valence-corrected chi connectivity index (χ4v) is 4.02. The first-order chi connectivity index (χ1) is 12.2. The molecule has 1 spiro atoms. The number of thioether (sulfide) groups is 1. The minimum Gasteiger partial charge on any atom is -0.444 e. The Morgan fingerprint density at radius 3 is 2.62 bits per heavy atom. The Balaban J connectivity index is 1.70. The van der Waals surface area contributed by atoms with Crippen molar-refractivity contribution in [3.05, 3.63) is 16.6 Å². The number of rotatable bonds is 2. The number of carbonyl (C=O) groups excluding carboxylic acids is 1. The molecule has 0 aromatic carbocycles. The molecule has 2 fully saturated rings. The van der Waals surface area contributed by atoms with Crippen molar-refractivity contribution in [3.8, 4) is 0 Å². The number of nitrogens with zero attached hydrogens (tertiary/aromatic N) is 5. The lowest BCUT2D eigenvalue weighted by Crippen LogP contribution is -2.60. The van der Waals surface area contributed by atoms with Crippen LogP contribution in [0.2, 0.25) is 5.15 Å². The highest BCUT2D eigenvalue weighted by molar-refractivity contribution is 7.98. The molecule has 0 saturated carbocycles. The summed E-state index contributed by atoms with van der Waals surface area (Å²) in [7, 11) is 0. The van der Waals surface area contributed by atoms with Crippen LogP contribution in [0.15, 0.2) is 5.16 Å². The summed E-state index contributed by atoms with van der Waals surface area (Å²) < 4.78 is 5.43. The Kier molecular flexibility index (Phi) is 4.97. The van der Waals surface area contributed by atoms with Gasteiger partial charge in [-0.25, -0.2) is 19.6 Å². The van der Waals surface area contributed by atoms with E-state index in [1.54, 1.807) is 4.90 Å². The Morgan fingerprint density at radius 1 is 1.35 bits per heavy atom. The SMILES string of the molecule is [C-]#[N+]c1c(Cl)nc(SC)nc1N1CCC2(CN(C(=O)OC(C)(C)C)C2)C1. The lowest BCUT2D eigenvalue weighted by molar-refractivity contribution is -0.0266. The van der Waals surface area contributed by atoms with Gasteiger partial charge in [0.15, 0.2) is 5.16 Å². The number of ether oxygens (including phenoxy) is 1. The zero-order chi connectivity index (χ0) is 19.1. The lowest BCUT2D eigenvalue weighted by atomic mass is 9.79. The molecule has 0 unspecified atom stereocenters. The molecule has 2 aliphatic heterocycles. The van der Waals surface area contributed by atoms with E-state index in [1.807, 2.05) is 27.0 Å². The van der Waals surface area contributed by atoms with Crippen LogP contribution in [0.5, 0.6) is 0 Å². The van der Waals surface area contributed by atoms with Crippen LogP contribution in [0.3, 0.4) is 0 Å². The fourth-order valence-electron chi connectivity index (χ4n) is 3.40. The summed E-state index contributed by atoms with van der Waals surface area (Å²) in [6, 6.07) is 0. The van der Waals surface area contributed by atoms with Crippen LogP contribution in [-0.4, -0.2) is 59.0 Å². The first-order valence-electron chi connectivity index (χ1n) is 8.38. The van der Waals surface area contributed by atoms with Crippen molar-refractivity contribution in [2.24, 2.45) is 5.41 Å². The van der Waals surface area contributed by atoms with E-state index in [2.05, 4.69) is 19.7 Å². The number of amides is 1. The van der Waals surface area contributed by atoms with Crippen molar-refractivity contribution in [3.63, 3.8) is 0 Å². The lowest BCUT2D eigenvalue weighted by Gasteiger charge is -2.47. The molecule has 0 atom stereocenters. The summed E-state index contributed by atoms with van der Waals surface area (Å²) in [6.45, 7) is 15.9. The van der Waals surface area contributed by atoms with Gasteiger partial charge in [-0.05, 0) is 33.4 Å². The third-order valence-electron chi connectivity index (χ3n) is 4.54. The number of carbonyl (C=O) groups is 1. The number of likely N-dealkylation sites (tertiary alicyclic amines) is 1. The van der Waals surface area contributed by atoms with Gasteiger partial charge in [-0.1, -0.05) is 23.4 Å². The minimum absolute atomic E-state index is 0.0349. The summed E-state index contributed by atoms with van der Waals surface area (Å²) in [5, 5.41) is 0.752. The molecule has 2 saturated heterocycles. The molecule has 0 aliphatic carbocycles. The maximum absolute atomic E-state index is 12.2. The van der Waals surface area contributed by atoms with Crippen LogP contribution in [0.1, 0.15) is 27.2 Å². The van der Waals surface area contributed by atoms with Gasteiger partial charge in [0.25, 0.3) is 5.69 Å². The van der Waals surface area contributed by atoms with Crippen molar-refractivity contribution in [2.45, 2.75) is 37.9 Å². The molecule has 1 aromatic heterocycles. The van der Waals surface area contributed by atoms with Gasteiger partial charge in [-0.3, -0.25) is 0 Å². The Labute approximate surface area is 162 Å². The number of hydrogen-bond donors (Lipinski definition) is 0. The first kappa shape index (κ1) is 19.1. The third kappa shape index (κ3) is 3.69. The standard InChI is InChI=1S/C17H22ClN5O2S/c1-16(2,3)25-15(24)23-9-17(10-23)6-7-22(8-17)13-11(19-4)12(18)20-14(21-13)26-5/h6-10H2,1-3,5H3. The zero-order valence-electron chi connectivity index (χ0n) is 15.4. The second-order valence-electron chi connectivity index (χ2n) is 7.79. The first-order valence-corrected chi connectivity index (χ1v) is 9.98. The van der Waals surface area contributed by atoms with Crippen LogP contribution >= 0.6 is 23.4 Å². The molecule has 3 heterocycles. The Hall–Kier alpha value is -1.72. The quantitative estimate of drug-likeness (QED) is 0.328. The number of halogens is 1. The molecule has 2 aliphatic rings. The van der Waals surface area contributed by atoms with Gasteiger partial charge in [0.2, 0.25) is 0 Å². The molecule has 3 rings (SSSR count). The summed E-state index contributed by atoms with van der Waals surface area (Å²) in [5.74, 6) is 0.594. The monoisotopic (exact) mass is 395 g/mol. The highest BCUT2D eigenvalue weighted by Gasteiger charge is 2.50. The average molecular weight is 396 g/mol. The summed E-state index contributed by atoms with van der Waals surface area (Å²) >= 11 is 7.56. The summed E-state index contributed by atoms with van der Waals surface area (Å²) in [6.07, 6.45) is 2.56. The van der Waals surface area contributed by atoms with E-state index >= 15 is 0 Å². The van der Waals surface area contributed by atoms with Crippen LogP contribution < -0.4 is 4.90 Å². The van der Waals surface area contributed by atoms with Crippen molar-refractivity contribution < 1.29 is 9.53 Å². The fraction of sp³-hybridized carbons (Fsp3) is 0.647. The maximum Gasteiger partial charge on any atom is 0.410 e. The zero-order valence-corrected chi connectivity index (χ0v) is 16.9. The molecular formula is C17H22ClN5O2S. The summed E-state index contributed by atoms with van der Waals surface area (Å²) in [5.41, 5.74) is -0.157. The second-order valence-corrected chi connectivity index (χ2v) is 8.92. The average Bonchev–Trinajstić information content (AvgIpc) is 2.96. The van der Waals surface area contributed by atoms with E-state index in [9.17, 15) is 4.79 Å². The second kappa shape index (κ2) is 6.78. The minimum atomic E-state index is -0.488. The molecule has 0 radical (unpaired) electrons. The van der Waals surface area contributed by atoms with Crippen LogP contribution in [0.4, 0.5) is 16.3 Å². The molecule has 7 nitrogen and oxygen atoms in total. The Bertz CT molecular complexity index is 768. The van der Waals surface area contributed by atoms with Crippen LogP contribution in [0.25, 0.3) is 4.85 Å². The largest absolute Gasteiger partial charge is 0.444 e. The van der Waals surface area contributed by atoms with E-state index in [4.69, 9.17) is 22.9 Å². The number of anilines is 1. The molecule has 0 N–H and O–H groups in total. The van der Waals surface area contributed by atoms with Crippen molar-refractivity contribution >= 4 is 41.0 Å². The molecule has 9 heteroatoms. The normalized spacial score (nSPS) is 18.6. The van der Waals surface area contributed by atoms with Gasteiger partial charge in [-0.15, -0.1) is 0 Å². The molecule has 1 aromatic rings. The highest BCUT2D eigenvalue weighted by atomic mass is 35.5. The number of aromatic nitrogens is 2. The van der Waals surface area contributed by atoms with Crippen molar-refractivity contribution in [1.82, 2.24) is 14.9 Å². The van der Waals surface area contributed by atoms with E-state index in [0.717, 1.165) is 19.5 Å². The topological polar surface area (TPSA) is 62.9 Å². The van der Waals surface area contributed by atoms with Gasteiger partial charge in [0.05, 0.1) is 6.57 Å². The van der Waals surface area contributed by atoms with E-state index in [-0.39, 0.29) is 16.7 Å². The van der Waals surface area contributed by atoms with Gasteiger partial charge in [0.1, 0.15) is 16.6 Å². The van der Waals surface area contributed by atoms with Gasteiger partial charge in [0, 0.05) is 31.6 Å². The smallest absolute Gasteiger partial charge is 0.410 e. The molecule has 0 bridgehead atoms. The predicted molar refractivity (Wildman–Crippen MR) is 102 cm³/mol. The van der Waals surface area contributed by atoms with E-state index in [0.29, 0.717) is 29.8 Å². The highest BCUT2D eigenvalue weighted by Crippen LogP contribution is 2.44. The van der Waals surface area contributed by atoms with Gasteiger partial charge < -0.3 is 14.5 Å². The maximum atomic E-state index is 12.2. The molecule has 1 amide bonds. The van der Waals surface area contributed by atoms with Crippen LogP contribution in [0, 0.1) is 12.0 Å². The third-order valence-corrected chi connectivity index (χ3v) is 5.35. The van der Waals surface area contributed by atoms with Gasteiger partial charge >= 0.3 is 6.09 Å². The summed E-state index contributed by atoms with van der Waals surface area (Å²) in [4.78, 5) is 28.2. The van der Waals surface area contributed by atoms with Crippen molar-refractivity contribution in [2.75, 3.05) is 37.3 Å². The van der Waals surface area contributed by atoms with Gasteiger partial charge in [-0.2, -0.15) is 0 Å². The van der Waals surface area contributed by atoms with E-state index < -0.39 is 5.60 Å². The molecule has 26 heavy (non-hydrogen) atoms. The molecule has 140 valence electrons. The predicted octanol–water partition coefficient (Wildman–Crippen LogP) is 3.85. The molecular weight excluding hydrogens is 374 g/mol.